The van der Waals surface area contributed by atoms with Gasteiger partial charge in [-0.25, -0.2) is 0 Å². The van der Waals surface area contributed by atoms with Crippen LogP contribution in [0.3, 0.4) is 0 Å². The number of hydrogen-bond donors (Lipinski definition) is 3. The molecule has 0 saturated carbocycles. The van der Waals surface area contributed by atoms with Crippen molar-refractivity contribution in [3.63, 3.8) is 0 Å². The third-order valence-corrected chi connectivity index (χ3v) is 4.64. The number of ether oxygens (including phenoxy) is 1. The molecular weight excluding hydrogens is 342 g/mol. The van der Waals surface area contributed by atoms with Gasteiger partial charge in [0.15, 0.2) is 0 Å². The Morgan fingerprint density at radius 3 is 2.58 bits per heavy atom. The second-order valence-electron chi connectivity index (χ2n) is 5.06. The van der Waals surface area contributed by atoms with E-state index in [1.807, 2.05) is 6.92 Å². The number of aliphatic hydroxyl groups is 2. The van der Waals surface area contributed by atoms with Gasteiger partial charge in [0.05, 0.1) is 28.6 Å². The van der Waals surface area contributed by atoms with Crippen molar-refractivity contribution >= 4 is 28.8 Å². The average molecular weight is 359 g/mol. The fraction of sp³-hybridized carbons (Fsp3) is 0.538. The Labute approximate surface area is 141 Å². The summed E-state index contributed by atoms with van der Waals surface area (Å²) < 4.78 is 5.53. The minimum atomic E-state index is -1.08. The molecule has 0 aliphatic carbocycles. The van der Waals surface area contributed by atoms with Gasteiger partial charge >= 0.3 is 0 Å². The molecule has 0 unspecified atom stereocenters. The molecule has 2 rings (SSSR count). The van der Waals surface area contributed by atoms with Crippen molar-refractivity contribution in [3.8, 4) is 0 Å². The maximum atomic E-state index is 11.2. The van der Waals surface area contributed by atoms with Crippen LogP contribution in [0.5, 0.6) is 0 Å². The number of anilines is 1. The van der Waals surface area contributed by atoms with E-state index in [1.165, 1.54) is 17.8 Å². The van der Waals surface area contributed by atoms with E-state index < -0.39 is 44.9 Å². The Morgan fingerprint density at radius 1 is 1.33 bits per heavy atom. The van der Waals surface area contributed by atoms with E-state index >= 15 is 0 Å². The van der Waals surface area contributed by atoms with Crippen LogP contribution in [0, 0.1) is 20.2 Å². The van der Waals surface area contributed by atoms with Crippen molar-refractivity contribution in [2.45, 2.75) is 30.6 Å². The number of nitro groups is 2. The van der Waals surface area contributed by atoms with Crippen molar-refractivity contribution in [2.75, 3.05) is 17.7 Å². The van der Waals surface area contributed by atoms with Crippen LogP contribution >= 0.6 is 11.8 Å². The lowest BCUT2D eigenvalue weighted by molar-refractivity contribution is -0.393. The van der Waals surface area contributed by atoms with E-state index in [0.29, 0.717) is 5.75 Å². The van der Waals surface area contributed by atoms with Crippen LogP contribution in [-0.4, -0.2) is 56.1 Å². The predicted octanol–water partition coefficient (Wildman–Crippen LogP) is 1.11. The van der Waals surface area contributed by atoms with Crippen LogP contribution in [0.1, 0.15) is 6.92 Å². The van der Waals surface area contributed by atoms with Gasteiger partial charge in [0.25, 0.3) is 11.4 Å². The molecule has 1 aliphatic heterocycles. The highest BCUT2D eigenvalue weighted by atomic mass is 32.2. The fourth-order valence-electron chi connectivity index (χ4n) is 2.43. The lowest BCUT2D eigenvalue weighted by atomic mass is 10.1. The third kappa shape index (κ3) is 3.75. The largest absolute Gasteiger partial charge is 0.394 e. The van der Waals surface area contributed by atoms with Crippen molar-refractivity contribution in [1.82, 2.24) is 0 Å². The lowest BCUT2D eigenvalue weighted by Crippen LogP contribution is -2.39. The molecule has 3 N–H and O–H groups in total. The molecule has 1 heterocycles. The average Bonchev–Trinajstić information content (AvgIpc) is 2.84. The fourth-order valence-corrected chi connectivity index (χ4v) is 3.41. The number of thioether (sulfide) groups is 1. The molecule has 0 spiro atoms. The van der Waals surface area contributed by atoms with Crippen molar-refractivity contribution in [2.24, 2.45) is 0 Å². The third-order valence-electron chi connectivity index (χ3n) is 3.57. The first-order valence-corrected chi connectivity index (χ1v) is 8.19. The maximum Gasteiger partial charge on any atom is 0.299 e. The van der Waals surface area contributed by atoms with E-state index in [0.717, 1.165) is 12.1 Å². The summed E-state index contributed by atoms with van der Waals surface area (Å²) in [7, 11) is 0. The van der Waals surface area contributed by atoms with Crippen LogP contribution in [-0.2, 0) is 4.74 Å². The highest BCUT2D eigenvalue weighted by Gasteiger charge is 2.44. The maximum absolute atomic E-state index is 11.2. The zero-order chi connectivity index (χ0) is 17.9. The van der Waals surface area contributed by atoms with Crippen molar-refractivity contribution in [3.05, 3.63) is 38.4 Å². The number of benzene rings is 1. The van der Waals surface area contributed by atoms with Crippen molar-refractivity contribution < 1.29 is 24.8 Å². The summed E-state index contributed by atoms with van der Waals surface area (Å²) in [5.41, 5.74) is -1.34. The Bertz CT molecular complexity index is 630. The first-order chi connectivity index (χ1) is 11.4. The van der Waals surface area contributed by atoms with Crippen LogP contribution in [0.15, 0.2) is 18.2 Å². The van der Waals surface area contributed by atoms with Gasteiger partial charge in [-0.1, -0.05) is 6.92 Å². The first-order valence-electron chi connectivity index (χ1n) is 7.14. The highest BCUT2D eigenvalue weighted by molar-refractivity contribution is 7.99. The normalized spacial score (nSPS) is 26.3. The minimum absolute atomic E-state index is 0.0403. The van der Waals surface area contributed by atoms with Gasteiger partial charge < -0.3 is 20.3 Å². The SMILES string of the molecule is CCS[C@H]1O[C@@H](CO)[C@@H](O)[C@@H]1Nc1ccc([N+](=O)[O-])cc1[N+](=O)[O-]. The molecule has 1 fully saturated rings. The monoisotopic (exact) mass is 359 g/mol. The summed E-state index contributed by atoms with van der Waals surface area (Å²) in [6, 6.07) is 2.52. The van der Waals surface area contributed by atoms with Gasteiger partial charge in [-0.2, -0.15) is 0 Å². The highest BCUT2D eigenvalue weighted by Crippen LogP contribution is 2.35. The molecule has 0 radical (unpaired) electrons. The Hall–Kier alpha value is -1.95. The Kier molecular flexibility index (Phi) is 5.94. The topological polar surface area (TPSA) is 148 Å². The second kappa shape index (κ2) is 7.75. The van der Waals surface area contributed by atoms with Crippen LogP contribution < -0.4 is 5.32 Å². The standard InChI is InChI=1S/C13H17N3O7S/c1-2-24-13-11(12(18)10(6-17)23-13)14-8-4-3-7(15(19)20)5-9(8)16(21)22/h3-5,10-14,17-18H,2,6H2,1H3/t10-,11-,12+,13+/m0/s1. The van der Waals surface area contributed by atoms with Gasteiger partial charge in [0.2, 0.25) is 0 Å². The first kappa shape index (κ1) is 18.4. The summed E-state index contributed by atoms with van der Waals surface area (Å²) in [6.45, 7) is 1.50. The molecular formula is C13H17N3O7S. The molecule has 0 bridgehead atoms. The Balaban J connectivity index is 2.31. The van der Waals surface area contributed by atoms with E-state index in [4.69, 9.17) is 4.74 Å². The van der Waals surface area contributed by atoms with E-state index in [1.54, 1.807) is 0 Å². The second-order valence-corrected chi connectivity index (χ2v) is 6.43. The number of rotatable bonds is 7. The van der Waals surface area contributed by atoms with Gasteiger partial charge in [0.1, 0.15) is 23.3 Å². The molecule has 10 nitrogen and oxygen atoms in total. The molecule has 4 atom stereocenters. The predicted molar refractivity (Wildman–Crippen MR) is 87.0 cm³/mol. The molecule has 1 aromatic rings. The number of nitrogens with zero attached hydrogens (tertiary/aromatic N) is 2. The molecule has 0 aromatic heterocycles. The molecule has 24 heavy (non-hydrogen) atoms. The zero-order valence-corrected chi connectivity index (χ0v) is 13.5. The molecule has 1 aliphatic rings. The van der Waals surface area contributed by atoms with E-state index in [9.17, 15) is 30.4 Å². The number of hydrogen-bond acceptors (Lipinski definition) is 9. The van der Waals surface area contributed by atoms with Crippen molar-refractivity contribution in [1.29, 1.82) is 0 Å². The molecule has 11 heteroatoms. The number of aliphatic hydroxyl groups excluding tert-OH is 2. The van der Waals surface area contributed by atoms with Gasteiger partial charge in [-0.05, 0) is 11.8 Å². The summed E-state index contributed by atoms with van der Waals surface area (Å²) >= 11 is 1.38. The minimum Gasteiger partial charge on any atom is -0.394 e. The van der Waals surface area contributed by atoms with E-state index in [-0.39, 0.29) is 12.3 Å². The number of nitrogens with one attached hydrogen (secondary N) is 1. The van der Waals surface area contributed by atoms with Gasteiger partial charge in [-0.3, -0.25) is 20.2 Å². The number of nitro benzene ring substituents is 2. The summed E-state index contributed by atoms with van der Waals surface area (Å²) in [5.74, 6) is 0.677. The Morgan fingerprint density at radius 2 is 2.04 bits per heavy atom. The van der Waals surface area contributed by atoms with E-state index in [2.05, 4.69) is 5.32 Å². The molecule has 132 valence electrons. The van der Waals surface area contributed by atoms with Gasteiger partial charge in [-0.15, -0.1) is 11.8 Å². The van der Waals surface area contributed by atoms with Gasteiger partial charge in [0, 0.05) is 6.07 Å². The lowest BCUT2D eigenvalue weighted by Gasteiger charge is -2.22. The summed E-state index contributed by atoms with van der Waals surface area (Å²) in [6.07, 6.45) is -1.88. The zero-order valence-electron chi connectivity index (χ0n) is 12.7. The summed E-state index contributed by atoms with van der Waals surface area (Å²) in [4.78, 5) is 20.5. The van der Waals surface area contributed by atoms with Crippen LogP contribution in [0.2, 0.25) is 0 Å². The van der Waals surface area contributed by atoms with Crippen LogP contribution in [0.25, 0.3) is 0 Å². The quantitative estimate of drug-likeness (QED) is 0.481. The molecule has 0 amide bonds. The number of non-ortho nitro benzene ring substituents is 1. The molecule has 1 aromatic carbocycles. The molecule has 1 saturated heterocycles. The smallest absolute Gasteiger partial charge is 0.299 e. The summed E-state index contributed by atoms with van der Waals surface area (Å²) in [5, 5.41) is 44.3. The van der Waals surface area contributed by atoms with Crippen LogP contribution in [0.4, 0.5) is 17.1 Å².